The largest absolute Gasteiger partial charge is 0.492 e. The van der Waals surface area contributed by atoms with Crippen LogP contribution in [-0.4, -0.2) is 12.4 Å². The number of halogens is 2. The summed E-state index contributed by atoms with van der Waals surface area (Å²) in [4.78, 5) is 12.4. The fourth-order valence-corrected chi connectivity index (χ4v) is 2.63. The van der Waals surface area contributed by atoms with Gasteiger partial charge in [0.2, 0.25) is 0 Å². The highest BCUT2D eigenvalue weighted by atomic mass is 35.5. The van der Waals surface area contributed by atoms with Crippen molar-refractivity contribution >= 4 is 17.4 Å². The summed E-state index contributed by atoms with van der Waals surface area (Å²) >= 11 is 6.02. The number of benzene rings is 2. The lowest BCUT2D eigenvalue weighted by atomic mass is 9.99. The van der Waals surface area contributed by atoms with E-state index in [1.807, 2.05) is 6.07 Å². The van der Waals surface area contributed by atoms with E-state index in [0.717, 1.165) is 12.0 Å². The van der Waals surface area contributed by atoms with Crippen LogP contribution in [-0.2, 0) is 12.8 Å². The first-order valence-electron chi connectivity index (χ1n) is 6.37. The van der Waals surface area contributed by atoms with Gasteiger partial charge in [-0.25, -0.2) is 4.39 Å². The second kappa shape index (κ2) is 5.25. The van der Waals surface area contributed by atoms with Crippen LogP contribution in [0.4, 0.5) is 4.39 Å². The highest BCUT2D eigenvalue weighted by molar-refractivity contribution is 6.31. The summed E-state index contributed by atoms with van der Waals surface area (Å²) in [5, 5.41) is 0.506. The summed E-state index contributed by atoms with van der Waals surface area (Å²) in [5.74, 6) is 0.0342. The molecule has 2 nitrogen and oxygen atoms in total. The Bertz CT molecular complexity index is 682. The summed E-state index contributed by atoms with van der Waals surface area (Å²) in [6.07, 6.45) is 0.749. The van der Waals surface area contributed by atoms with Crippen molar-refractivity contribution < 1.29 is 13.9 Å². The molecule has 0 N–H and O–H groups in total. The maximum Gasteiger partial charge on any atom is 0.171 e. The number of hydrogen-bond donors (Lipinski definition) is 0. The SMILES string of the molecule is O=C(Cc1ccccc1F)c1cc(Cl)cc2c1OCC2. The molecular formula is C16H12ClFO2. The average Bonchev–Trinajstić information content (AvgIpc) is 2.88. The second-order valence-corrected chi connectivity index (χ2v) is 5.17. The Morgan fingerprint density at radius 3 is 2.90 bits per heavy atom. The van der Waals surface area contributed by atoms with Crippen LogP contribution in [0.25, 0.3) is 0 Å². The van der Waals surface area contributed by atoms with E-state index in [9.17, 15) is 9.18 Å². The van der Waals surface area contributed by atoms with Gasteiger partial charge in [-0.2, -0.15) is 0 Å². The van der Waals surface area contributed by atoms with Gasteiger partial charge in [0.15, 0.2) is 5.78 Å². The lowest BCUT2D eigenvalue weighted by Crippen LogP contribution is -2.07. The van der Waals surface area contributed by atoms with Crippen molar-refractivity contribution in [1.29, 1.82) is 0 Å². The van der Waals surface area contributed by atoms with Crippen LogP contribution in [0.1, 0.15) is 21.5 Å². The van der Waals surface area contributed by atoms with Crippen molar-refractivity contribution in [3.8, 4) is 5.75 Å². The first-order chi connectivity index (χ1) is 9.65. The van der Waals surface area contributed by atoms with Gasteiger partial charge in [-0.1, -0.05) is 29.8 Å². The summed E-state index contributed by atoms with van der Waals surface area (Å²) in [5.41, 5.74) is 1.76. The van der Waals surface area contributed by atoms with Gasteiger partial charge in [0.25, 0.3) is 0 Å². The van der Waals surface area contributed by atoms with E-state index in [-0.39, 0.29) is 18.0 Å². The lowest BCUT2D eigenvalue weighted by molar-refractivity contribution is 0.0989. The Hall–Kier alpha value is -1.87. The third-order valence-corrected chi connectivity index (χ3v) is 3.58. The van der Waals surface area contributed by atoms with Crippen LogP contribution in [0, 0.1) is 5.82 Å². The molecule has 0 fully saturated rings. The van der Waals surface area contributed by atoms with Gasteiger partial charge in [-0.05, 0) is 29.3 Å². The van der Waals surface area contributed by atoms with Crippen molar-refractivity contribution in [3.05, 3.63) is 63.9 Å². The number of carbonyl (C=O) groups is 1. The molecule has 2 aromatic rings. The fraction of sp³-hybridized carbons (Fsp3) is 0.188. The molecule has 0 saturated carbocycles. The smallest absolute Gasteiger partial charge is 0.171 e. The maximum atomic E-state index is 13.6. The predicted octanol–water partition coefficient (Wildman–Crippen LogP) is 3.84. The Balaban J connectivity index is 1.94. The van der Waals surface area contributed by atoms with Gasteiger partial charge in [0.05, 0.1) is 12.2 Å². The number of ether oxygens (including phenoxy) is 1. The molecule has 0 atom stereocenters. The van der Waals surface area contributed by atoms with Crippen molar-refractivity contribution in [2.75, 3.05) is 6.61 Å². The number of ketones is 1. The van der Waals surface area contributed by atoms with Crippen LogP contribution in [0.15, 0.2) is 36.4 Å². The van der Waals surface area contributed by atoms with Gasteiger partial charge in [-0.15, -0.1) is 0 Å². The number of Topliss-reactive ketones (excluding diaryl/α,β-unsaturated/α-hetero) is 1. The molecule has 0 unspecified atom stereocenters. The molecule has 1 aliphatic heterocycles. The molecule has 0 radical (unpaired) electrons. The minimum atomic E-state index is -0.375. The number of carbonyl (C=O) groups excluding carboxylic acids is 1. The Morgan fingerprint density at radius 2 is 2.10 bits per heavy atom. The first kappa shape index (κ1) is 13.1. The molecule has 20 heavy (non-hydrogen) atoms. The van der Waals surface area contributed by atoms with Gasteiger partial charge in [-0.3, -0.25) is 4.79 Å². The molecule has 2 aromatic carbocycles. The van der Waals surface area contributed by atoms with Crippen LogP contribution >= 0.6 is 11.6 Å². The van der Waals surface area contributed by atoms with Gasteiger partial charge in [0.1, 0.15) is 11.6 Å². The number of hydrogen-bond acceptors (Lipinski definition) is 2. The number of fused-ring (bicyclic) bond motifs is 1. The second-order valence-electron chi connectivity index (χ2n) is 4.73. The van der Waals surface area contributed by atoms with E-state index in [1.165, 1.54) is 6.07 Å². The third-order valence-electron chi connectivity index (χ3n) is 3.36. The average molecular weight is 291 g/mol. The molecule has 0 amide bonds. The lowest BCUT2D eigenvalue weighted by Gasteiger charge is -2.08. The molecule has 0 spiro atoms. The maximum absolute atomic E-state index is 13.6. The monoisotopic (exact) mass is 290 g/mol. The fourth-order valence-electron chi connectivity index (χ4n) is 2.39. The van der Waals surface area contributed by atoms with Crippen molar-refractivity contribution in [2.24, 2.45) is 0 Å². The molecule has 1 heterocycles. The van der Waals surface area contributed by atoms with E-state index in [2.05, 4.69) is 0 Å². The summed E-state index contributed by atoms with van der Waals surface area (Å²) in [6.45, 7) is 0.551. The minimum Gasteiger partial charge on any atom is -0.492 e. The van der Waals surface area contributed by atoms with E-state index < -0.39 is 0 Å². The van der Waals surface area contributed by atoms with E-state index >= 15 is 0 Å². The zero-order chi connectivity index (χ0) is 14.1. The van der Waals surface area contributed by atoms with Crippen LogP contribution in [0.2, 0.25) is 5.02 Å². The van der Waals surface area contributed by atoms with Crippen molar-refractivity contribution in [1.82, 2.24) is 0 Å². The van der Waals surface area contributed by atoms with Crippen LogP contribution < -0.4 is 4.74 Å². The van der Waals surface area contributed by atoms with E-state index in [1.54, 1.807) is 24.3 Å². The highest BCUT2D eigenvalue weighted by Crippen LogP contribution is 2.33. The first-order valence-corrected chi connectivity index (χ1v) is 6.75. The Morgan fingerprint density at radius 1 is 1.30 bits per heavy atom. The molecule has 0 bridgehead atoms. The molecule has 4 heteroatoms. The zero-order valence-electron chi connectivity index (χ0n) is 10.7. The topological polar surface area (TPSA) is 26.3 Å². The van der Waals surface area contributed by atoms with Crippen molar-refractivity contribution in [3.63, 3.8) is 0 Å². The third kappa shape index (κ3) is 2.41. The van der Waals surface area contributed by atoms with Crippen LogP contribution in [0.3, 0.4) is 0 Å². The summed E-state index contributed by atoms with van der Waals surface area (Å²) in [7, 11) is 0. The Kier molecular flexibility index (Phi) is 3.45. The summed E-state index contributed by atoms with van der Waals surface area (Å²) < 4.78 is 19.1. The van der Waals surface area contributed by atoms with E-state index in [0.29, 0.717) is 28.5 Å². The standard InChI is InChI=1S/C16H12ClFO2/c17-12-7-11-5-6-20-16(11)13(9-12)15(19)8-10-3-1-2-4-14(10)18/h1-4,7,9H,5-6,8H2. The Labute approximate surface area is 121 Å². The minimum absolute atomic E-state index is 0.00279. The van der Waals surface area contributed by atoms with Gasteiger partial charge < -0.3 is 4.74 Å². The number of rotatable bonds is 3. The normalized spacial score (nSPS) is 12.9. The molecule has 102 valence electrons. The molecule has 3 rings (SSSR count). The quantitative estimate of drug-likeness (QED) is 0.803. The molecular weight excluding hydrogens is 279 g/mol. The zero-order valence-corrected chi connectivity index (χ0v) is 11.4. The molecule has 0 aromatic heterocycles. The van der Waals surface area contributed by atoms with Crippen molar-refractivity contribution in [2.45, 2.75) is 12.8 Å². The molecule has 1 aliphatic rings. The predicted molar refractivity (Wildman–Crippen MR) is 75.1 cm³/mol. The van der Waals surface area contributed by atoms with E-state index in [4.69, 9.17) is 16.3 Å². The molecule has 0 saturated heterocycles. The van der Waals surface area contributed by atoms with Gasteiger partial charge in [0, 0.05) is 17.9 Å². The van der Waals surface area contributed by atoms with Gasteiger partial charge >= 0.3 is 0 Å². The highest BCUT2D eigenvalue weighted by Gasteiger charge is 2.22. The summed E-state index contributed by atoms with van der Waals surface area (Å²) in [6, 6.07) is 9.67. The van der Waals surface area contributed by atoms with Crippen LogP contribution in [0.5, 0.6) is 5.75 Å². The molecule has 0 aliphatic carbocycles.